The van der Waals surface area contributed by atoms with Gasteiger partial charge in [0.15, 0.2) is 0 Å². The highest BCUT2D eigenvalue weighted by molar-refractivity contribution is 9.10. The van der Waals surface area contributed by atoms with E-state index in [1.165, 1.54) is 28.5 Å². The minimum absolute atomic E-state index is 0.178. The van der Waals surface area contributed by atoms with Gasteiger partial charge in [-0.05, 0) is 138 Å². The maximum atomic E-state index is 12.6. The van der Waals surface area contributed by atoms with Crippen molar-refractivity contribution in [2.45, 2.75) is 93.9 Å². The molecule has 2 atom stereocenters. The molecule has 4 aromatic rings. The third-order valence-corrected chi connectivity index (χ3v) is 12.0. The van der Waals surface area contributed by atoms with Gasteiger partial charge < -0.3 is 9.80 Å². The van der Waals surface area contributed by atoms with E-state index in [0.29, 0.717) is 41.2 Å². The molecule has 6 rings (SSSR count). The Bertz CT molecular complexity index is 1930. The molecule has 12 heteroatoms. The molecule has 56 heavy (non-hydrogen) atoms. The molecule has 2 aromatic heterocycles. The van der Waals surface area contributed by atoms with Crippen LogP contribution in [0.25, 0.3) is 11.3 Å². The second kappa shape index (κ2) is 20.5. The van der Waals surface area contributed by atoms with Gasteiger partial charge >= 0.3 is 0 Å². The summed E-state index contributed by atoms with van der Waals surface area (Å²) in [5.74, 6) is 1.81. The number of carbonyl (C=O) groups is 2. The topological polar surface area (TPSA) is 92.2 Å². The van der Waals surface area contributed by atoms with E-state index < -0.39 is 0 Å². The number of aryl methyl sites for hydroxylation is 4. The first-order valence-electron chi connectivity index (χ1n) is 19.3. The number of halogens is 4. The molecule has 2 aromatic carbocycles. The zero-order valence-electron chi connectivity index (χ0n) is 34.0. The van der Waals surface area contributed by atoms with E-state index in [-0.39, 0.29) is 21.9 Å². The lowest BCUT2D eigenvalue weighted by molar-refractivity contribution is -0.131. The summed E-state index contributed by atoms with van der Waals surface area (Å²) >= 11 is 20.1. The number of benzene rings is 2. The quantitative estimate of drug-likeness (QED) is 0.136. The van der Waals surface area contributed by atoms with E-state index in [2.05, 4.69) is 126 Å². The van der Waals surface area contributed by atoms with Crippen molar-refractivity contribution in [1.82, 2.24) is 29.7 Å². The Morgan fingerprint density at radius 2 is 1.18 bits per heavy atom. The molecule has 2 amide bonds. The molecule has 2 fully saturated rings. The average molecular weight is 887 g/mol. The Morgan fingerprint density at radius 3 is 1.59 bits per heavy atom. The van der Waals surface area contributed by atoms with Crippen LogP contribution in [-0.4, -0.2) is 67.7 Å². The molecule has 0 saturated carbocycles. The van der Waals surface area contributed by atoms with Crippen LogP contribution in [0.3, 0.4) is 0 Å². The van der Waals surface area contributed by atoms with Crippen molar-refractivity contribution in [1.29, 1.82) is 0 Å². The highest BCUT2D eigenvalue weighted by Crippen LogP contribution is 2.35. The molecule has 0 N–H and O–H groups in total. The summed E-state index contributed by atoms with van der Waals surface area (Å²) in [4.78, 5) is 44.5. The molecule has 8 nitrogen and oxygen atoms in total. The third-order valence-electron chi connectivity index (χ3n) is 10.9. The fourth-order valence-corrected chi connectivity index (χ4v) is 8.02. The summed E-state index contributed by atoms with van der Waals surface area (Å²) < 4.78 is 1.10. The number of likely N-dealkylation sites (tertiary alicyclic amines) is 2. The minimum atomic E-state index is 0.178. The van der Waals surface area contributed by atoms with Crippen molar-refractivity contribution in [3.05, 3.63) is 103 Å². The molecule has 2 saturated heterocycles. The molecular weight excluding hydrogens is 831 g/mol. The Balaban J connectivity index is 0.000000212. The first kappa shape index (κ1) is 45.6. The fourth-order valence-electron chi connectivity index (χ4n) is 7.07. The Morgan fingerprint density at radius 1 is 0.696 bits per heavy atom. The van der Waals surface area contributed by atoms with Gasteiger partial charge in [-0.2, -0.15) is 0 Å². The second-order valence-electron chi connectivity index (χ2n) is 17.0. The monoisotopic (exact) mass is 884 g/mol. The molecule has 302 valence electrons. The van der Waals surface area contributed by atoms with E-state index in [0.717, 1.165) is 67.6 Å². The lowest BCUT2D eigenvalue weighted by atomic mass is 9.80. The average Bonchev–Trinajstić information content (AvgIpc) is 3.83. The highest BCUT2D eigenvalue weighted by atomic mass is 79.9. The number of nitrogens with zero attached hydrogens (tertiary/aromatic N) is 6. The molecular formula is C44H56BrCl3N6O2. The number of amides is 2. The molecule has 0 radical (unpaired) electrons. The smallest absolute Gasteiger partial charge is 0.223 e. The largest absolute Gasteiger partial charge is 0.342 e. The fraction of sp³-hybridized carbons (Fsp3) is 0.500. The van der Waals surface area contributed by atoms with Crippen LogP contribution in [0.15, 0.2) is 65.4 Å². The van der Waals surface area contributed by atoms with E-state index in [4.69, 9.17) is 34.8 Å². The van der Waals surface area contributed by atoms with Crippen molar-refractivity contribution in [3.63, 3.8) is 0 Å². The first-order chi connectivity index (χ1) is 26.3. The van der Waals surface area contributed by atoms with Crippen molar-refractivity contribution in [3.8, 4) is 11.3 Å². The van der Waals surface area contributed by atoms with Crippen LogP contribution in [-0.2, 0) is 22.4 Å². The Hall–Kier alpha value is -3.11. The highest BCUT2D eigenvalue weighted by Gasteiger charge is 2.34. The van der Waals surface area contributed by atoms with Crippen molar-refractivity contribution < 1.29 is 9.59 Å². The van der Waals surface area contributed by atoms with E-state index in [1.54, 1.807) is 12.3 Å². The zero-order chi connectivity index (χ0) is 41.2. The van der Waals surface area contributed by atoms with Crippen LogP contribution in [0.1, 0.15) is 89.5 Å². The van der Waals surface area contributed by atoms with Gasteiger partial charge in [0, 0.05) is 61.5 Å². The van der Waals surface area contributed by atoms with Gasteiger partial charge in [0.25, 0.3) is 0 Å². The van der Waals surface area contributed by atoms with Gasteiger partial charge in [-0.25, -0.2) is 19.9 Å². The van der Waals surface area contributed by atoms with Crippen LogP contribution in [0.4, 0.5) is 0 Å². The summed E-state index contributed by atoms with van der Waals surface area (Å²) in [6, 6.07) is 15.9. The standard InChI is InChI=1S/C22H28ClN3O.C18H26BrNO.C4H2Cl2N2/c1-15-13-17(19-9-11-24-21(23)25-19)6-5-16(15)7-8-20(27)26-12-10-18(14-26)22(2,3)4;1-13-11-16(19)7-5-14(13)6-8-17(21)20-10-9-15(12-20)18(2,3)4;5-3-1-2-7-4(6)8-3/h5-6,9,11,13,18H,7-8,10,12,14H2,1-4H3;5,7,11,15H,6,8-10,12H2,1-4H3;1-2H. The van der Waals surface area contributed by atoms with E-state index in [1.807, 2.05) is 17.0 Å². The van der Waals surface area contributed by atoms with E-state index >= 15 is 0 Å². The maximum Gasteiger partial charge on any atom is 0.223 e. The SMILES string of the molecule is Cc1cc(-c2ccnc(Cl)n2)ccc1CCC(=O)N1CCC(C(C)(C)C)C1.Cc1cc(Br)ccc1CCC(=O)N1CCC(C(C)(C)C)C1.Clc1ccnc(Cl)n1. The zero-order valence-corrected chi connectivity index (χ0v) is 37.9. The number of hydrogen-bond acceptors (Lipinski definition) is 6. The minimum Gasteiger partial charge on any atom is -0.342 e. The Labute approximate surface area is 357 Å². The van der Waals surface area contributed by atoms with Crippen LogP contribution >= 0.6 is 50.7 Å². The van der Waals surface area contributed by atoms with Gasteiger partial charge in [-0.3, -0.25) is 9.59 Å². The Kier molecular flexibility index (Phi) is 16.7. The third kappa shape index (κ3) is 14.1. The summed E-state index contributed by atoms with van der Waals surface area (Å²) in [6.07, 6.45) is 8.22. The molecule has 0 bridgehead atoms. The van der Waals surface area contributed by atoms with Gasteiger partial charge in [0.05, 0.1) is 5.69 Å². The molecule has 2 aliphatic heterocycles. The van der Waals surface area contributed by atoms with Gasteiger partial charge in [-0.1, -0.05) is 87.3 Å². The van der Waals surface area contributed by atoms with E-state index in [9.17, 15) is 9.59 Å². The molecule has 2 aliphatic rings. The number of hydrogen-bond donors (Lipinski definition) is 0. The lowest BCUT2D eigenvalue weighted by Gasteiger charge is -2.27. The molecule has 0 spiro atoms. The molecule has 4 heterocycles. The first-order valence-corrected chi connectivity index (χ1v) is 21.3. The summed E-state index contributed by atoms with van der Waals surface area (Å²) in [6.45, 7) is 21.5. The van der Waals surface area contributed by atoms with Crippen molar-refractivity contribution >= 4 is 62.5 Å². The normalized spacial score (nSPS) is 16.9. The number of rotatable bonds is 7. The van der Waals surface area contributed by atoms with Crippen LogP contribution < -0.4 is 0 Å². The molecule has 2 unspecified atom stereocenters. The lowest BCUT2D eigenvalue weighted by Crippen LogP contribution is -2.31. The van der Waals surface area contributed by atoms with Crippen LogP contribution in [0, 0.1) is 36.5 Å². The summed E-state index contributed by atoms with van der Waals surface area (Å²) in [7, 11) is 0. The van der Waals surface area contributed by atoms with Crippen molar-refractivity contribution in [2.24, 2.45) is 22.7 Å². The second-order valence-corrected chi connectivity index (χ2v) is 18.9. The van der Waals surface area contributed by atoms with Crippen molar-refractivity contribution in [2.75, 3.05) is 26.2 Å². The predicted molar refractivity (Wildman–Crippen MR) is 233 cm³/mol. The van der Waals surface area contributed by atoms with Crippen LogP contribution in [0.5, 0.6) is 0 Å². The summed E-state index contributed by atoms with van der Waals surface area (Å²) in [5.41, 5.74) is 7.31. The number of aromatic nitrogens is 4. The van der Waals surface area contributed by atoms with Crippen LogP contribution in [0.2, 0.25) is 15.7 Å². The summed E-state index contributed by atoms with van der Waals surface area (Å²) in [5, 5.41) is 0.793. The predicted octanol–water partition coefficient (Wildman–Crippen LogP) is 11.3. The molecule has 0 aliphatic carbocycles. The maximum absolute atomic E-state index is 12.6. The van der Waals surface area contributed by atoms with Gasteiger partial charge in [-0.15, -0.1) is 0 Å². The number of carbonyl (C=O) groups excluding carboxylic acids is 2. The van der Waals surface area contributed by atoms with Gasteiger partial charge in [0.2, 0.25) is 22.4 Å². The van der Waals surface area contributed by atoms with Gasteiger partial charge in [0.1, 0.15) is 5.15 Å².